The second-order valence-electron chi connectivity index (χ2n) is 5.07. The number of aromatic nitrogens is 2. The summed E-state index contributed by atoms with van der Waals surface area (Å²) < 4.78 is 13.5. The van der Waals surface area contributed by atoms with Crippen LogP contribution in [0.1, 0.15) is 16.1 Å². The van der Waals surface area contributed by atoms with Crippen LogP contribution >= 0.6 is 0 Å². The van der Waals surface area contributed by atoms with E-state index in [9.17, 15) is 9.18 Å². The zero-order chi connectivity index (χ0) is 16.8. The van der Waals surface area contributed by atoms with Gasteiger partial charge in [0.15, 0.2) is 5.69 Å². The van der Waals surface area contributed by atoms with Crippen LogP contribution in [0.25, 0.3) is 0 Å². The molecule has 0 radical (unpaired) electrons. The van der Waals surface area contributed by atoms with E-state index >= 15 is 0 Å². The maximum absolute atomic E-state index is 13.5. The molecule has 0 aliphatic heterocycles. The third-order valence-electron chi connectivity index (χ3n) is 3.35. The lowest BCUT2D eigenvalue weighted by Gasteiger charge is -2.07. The quantitative estimate of drug-likeness (QED) is 0.755. The molecule has 0 bridgehead atoms. The highest BCUT2D eigenvalue weighted by atomic mass is 19.1. The second kappa shape index (κ2) is 7.32. The molecule has 5 nitrogen and oxygen atoms in total. The number of para-hydroxylation sites is 1. The van der Waals surface area contributed by atoms with Crippen LogP contribution < -0.4 is 10.6 Å². The summed E-state index contributed by atoms with van der Waals surface area (Å²) in [5, 5.41) is 13.5. The van der Waals surface area contributed by atoms with Crippen molar-refractivity contribution in [1.82, 2.24) is 10.2 Å². The molecule has 3 rings (SSSR count). The molecular weight excluding hydrogens is 307 g/mol. The van der Waals surface area contributed by atoms with Crippen molar-refractivity contribution in [2.45, 2.75) is 6.54 Å². The molecule has 120 valence electrons. The number of carbonyl (C=O) groups is 1. The van der Waals surface area contributed by atoms with E-state index in [1.54, 1.807) is 42.5 Å². The standard InChI is InChI=1S/C18H15FN4O/c19-15-9-5-4-6-13(15)12-20-17-11-10-16(22-23-17)18(24)21-14-7-2-1-3-8-14/h1-11H,12H2,(H,20,23)(H,21,24). The van der Waals surface area contributed by atoms with Gasteiger partial charge in [-0.2, -0.15) is 0 Å². The van der Waals surface area contributed by atoms with E-state index in [-0.39, 0.29) is 24.0 Å². The first kappa shape index (κ1) is 15.6. The zero-order valence-electron chi connectivity index (χ0n) is 12.7. The van der Waals surface area contributed by atoms with Gasteiger partial charge in [-0.05, 0) is 30.3 Å². The fourth-order valence-electron chi connectivity index (χ4n) is 2.09. The van der Waals surface area contributed by atoms with E-state index in [0.717, 1.165) is 0 Å². The van der Waals surface area contributed by atoms with Crippen LogP contribution in [0.5, 0.6) is 0 Å². The van der Waals surface area contributed by atoms with E-state index in [2.05, 4.69) is 20.8 Å². The van der Waals surface area contributed by atoms with Gasteiger partial charge < -0.3 is 10.6 Å². The summed E-state index contributed by atoms with van der Waals surface area (Å²) in [7, 11) is 0. The summed E-state index contributed by atoms with van der Waals surface area (Å²) in [6, 6.07) is 18.8. The number of hydrogen-bond acceptors (Lipinski definition) is 4. The molecule has 2 N–H and O–H groups in total. The molecule has 0 aliphatic rings. The molecular formula is C18H15FN4O. The predicted octanol–water partition coefficient (Wildman–Crippen LogP) is 3.48. The van der Waals surface area contributed by atoms with Gasteiger partial charge in [0.2, 0.25) is 0 Å². The molecule has 24 heavy (non-hydrogen) atoms. The molecule has 0 aliphatic carbocycles. The fourth-order valence-corrected chi connectivity index (χ4v) is 2.09. The van der Waals surface area contributed by atoms with Crippen molar-refractivity contribution in [3.63, 3.8) is 0 Å². The van der Waals surface area contributed by atoms with Crippen LogP contribution in [0, 0.1) is 5.82 Å². The van der Waals surface area contributed by atoms with Crippen molar-refractivity contribution >= 4 is 17.4 Å². The van der Waals surface area contributed by atoms with E-state index < -0.39 is 0 Å². The average molecular weight is 322 g/mol. The van der Waals surface area contributed by atoms with Crippen molar-refractivity contribution in [2.24, 2.45) is 0 Å². The Bertz CT molecular complexity index is 822. The first-order valence-corrected chi connectivity index (χ1v) is 7.40. The summed E-state index contributed by atoms with van der Waals surface area (Å²) >= 11 is 0. The first-order valence-electron chi connectivity index (χ1n) is 7.40. The van der Waals surface area contributed by atoms with Crippen LogP contribution in [-0.4, -0.2) is 16.1 Å². The van der Waals surface area contributed by atoms with Crippen LogP contribution in [0.3, 0.4) is 0 Å². The van der Waals surface area contributed by atoms with Crippen molar-refractivity contribution in [1.29, 1.82) is 0 Å². The van der Waals surface area contributed by atoms with E-state index in [0.29, 0.717) is 17.1 Å². The Morgan fingerprint density at radius 2 is 1.67 bits per heavy atom. The summed E-state index contributed by atoms with van der Waals surface area (Å²) in [4.78, 5) is 12.1. The monoisotopic (exact) mass is 322 g/mol. The molecule has 0 saturated carbocycles. The van der Waals surface area contributed by atoms with Crippen LogP contribution in [0.15, 0.2) is 66.7 Å². The third-order valence-corrected chi connectivity index (χ3v) is 3.35. The summed E-state index contributed by atoms with van der Waals surface area (Å²) in [5.41, 5.74) is 1.42. The third kappa shape index (κ3) is 3.92. The number of rotatable bonds is 5. The van der Waals surface area contributed by atoms with Crippen LogP contribution in [-0.2, 0) is 6.54 Å². The van der Waals surface area contributed by atoms with Crippen LogP contribution in [0.2, 0.25) is 0 Å². The van der Waals surface area contributed by atoms with Gasteiger partial charge >= 0.3 is 0 Å². The maximum atomic E-state index is 13.5. The SMILES string of the molecule is O=C(Nc1ccccc1)c1ccc(NCc2ccccc2F)nn1. The number of halogens is 1. The number of benzene rings is 2. The summed E-state index contributed by atoms with van der Waals surface area (Å²) in [5.74, 6) is -0.152. The Morgan fingerprint density at radius 1 is 0.917 bits per heavy atom. The van der Waals surface area contributed by atoms with Gasteiger partial charge in [0.1, 0.15) is 11.6 Å². The topological polar surface area (TPSA) is 66.9 Å². The van der Waals surface area contributed by atoms with Crippen LogP contribution in [0.4, 0.5) is 15.9 Å². The average Bonchev–Trinajstić information content (AvgIpc) is 2.62. The molecule has 0 spiro atoms. The van der Waals surface area contributed by atoms with Crippen molar-refractivity contribution in [3.05, 3.63) is 83.8 Å². The number of nitrogens with one attached hydrogen (secondary N) is 2. The van der Waals surface area contributed by atoms with Gasteiger partial charge in [0, 0.05) is 17.8 Å². The van der Waals surface area contributed by atoms with E-state index in [1.165, 1.54) is 6.07 Å². The van der Waals surface area contributed by atoms with Gasteiger partial charge in [-0.15, -0.1) is 10.2 Å². The Kier molecular flexibility index (Phi) is 4.76. The lowest BCUT2D eigenvalue weighted by Crippen LogP contribution is -2.14. The minimum Gasteiger partial charge on any atom is -0.364 e. The van der Waals surface area contributed by atoms with Gasteiger partial charge in [-0.25, -0.2) is 4.39 Å². The number of anilines is 2. The number of nitrogens with zero attached hydrogens (tertiary/aromatic N) is 2. The highest BCUT2D eigenvalue weighted by Gasteiger charge is 2.08. The summed E-state index contributed by atoms with van der Waals surface area (Å²) in [6.07, 6.45) is 0. The molecule has 1 amide bonds. The van der Waals surface area contributed by atoms with Crippen molar-refractivity contribution in [2.75, 3.05) is 10.6 Å². The minimum atomic E-state index is -0.339. The molecule has 0 saturated heterocycles. The van der Waals surface area contributed by atoms with Crippen molar-refractivity contribution in [3.8, 4) is 0 Å². The number of amides is 1. The molecule has 1 heterocycles. The molecule has 1 aromatic heterocycles. The van der Waals surface area contributed by atoms with Gasteiger partial charge in [-0.1, -0.05) is 36.4 Å². The van der Waals surface area contributed by atoms with E-state index in [1.807, 2.05) is 18.2 Å². The molecule has 2 aromatic carbocycles. The van der Waals surface area contributed by atoms with E-state index in [4.69, 9.17) is 0 Å². The maximum Gasteiger partial charge on any atom is 0.276 e. The normalized spacial score (nSPS) is 10.2. The van der Waals surface area contributed by atoms with Gasteiger partial charge in [0.05, 0.1) is 0 Å². The van der Waals surface area contributed by atoms with Crippen molar-refractivity contribution < 1.29 is 9.18 Å². The Hall–Kier alpha value is -3.28. The second-order valence-corrected chi connectivity index (χ2v) is 5.07. The largest absolute Gasteiger partial charge is 0.364 e. The zero-order valence-corrected chi connectivity index (χ0v) is 12.7. The Labute approximate surface area is 138 Å². The first-order chi connectivity index (χ1) is 11.7. The van der Waals surface area contributed by atoms with Gasteiger partial charge in [0.25, 0.3) is 5.91 Å². The number of carbonyl (C=O) groups excluding carboxylic acids is 1. The smallest absolute Gasteiger partial charge is 0.276 e. The molecule has 0 fully saturated rings. The highest BCUT2D eigenvalue weighted by molar-refractivity contribution is 6.02. The molecule has 0 atom stereocenters. The lowest BCUT2D eigenvalue weighted by atomic mass is 10.2. The molecule has 0 unspecified atom stereocenters. The Morgan fingerprint density at radius 3 is 2.38 bits per heavy atom. The Balaban J connectivity index is 1.61. The summed E-state index contributed by atoms with van der Waals surface area (Å²) in [6.45, 7) is 0.289. The number of hydrogen-bond donors (Lipinski definition) is 2. The van der Waals surface area contributed by atoms with Gasteiger partial charge in [-0.3, -0.25) is 4.79 Å². The molecule has 6 heteroatoms. The fraction of sp³-hybridized carbons (Fsp3) is 0.0556. The lowest BCUT2D eigenvalue weighted by molar-refractivity contribution is 0.102. The highest BCUT2D eigenvalue weighted by Crippen LogP contribution is 2.11. The minimum absolute atomic E-state index is 0.204. The predicted molar refractivity (Wildman–Crippen MR) is 90.2 cm³/mol. The molecule has 3 aromatic rings.